The smallest absolute Gasteiger partial charge is 0.274 e. The molecule has 0 atom stereocenters. The maximum absolute atomic E-state index is 12.6. The van der Waals surface area contributed by atoms with Gasteiger partial charge in [0.05, 0.1) is 10.7 Å². The normalized spacial score (nSPS) is 10.6. The number of benzene rings is 1. The number of rotatable bonds is 7. The van der Waals surface area contributed by atoms with Gasteiger partial charge < -0.3 is 10.2 Å². The van der Waals surface area contributed by atoms with E-state index in [2.05, 4.69) is 34.0 Å². The number of carbonyl (C=O) groups excluding carboxylic acids is 1. The molecule has 2 aromatic rings. The van der Waals surface area contributed by atoms with Crippen molar-refractivity contribution in [2.75, 3.05) is 23.3 Å². The minimum absolute atomic E-state index is 0.287. The number of aromatic nitrogens is 2. The monoisotopic (exact) mass is 360 g/mol. The summed E-state index contributed by atoms with van der Waals surface area (Å²) in [5.74, 6) is 0.300. The highest BCUT2D eigenvalue weighted by molar-refractivity contribution is 6.34. The summed E-state index contributed by atoms with van der Waals surface area (Å²) >= 11 is 6.27. The Morgan fingerprint density at radius 3 is 2.48 bits per heavy atom. The summed E-state index contributed by atoms with van der Waals surface area (Å²) in [7, 11) is 0. The van der Waals surface area contributed by atoms with Gasteiger partial charge >= 0.3 is 0 Å². The zero-order valence-electron chi connectivity index (χ0n) is 15.3. The zero-order chi connectivity index (χ0) is 18.4. The van der Waals surface area contributed by atoms with Crippen molar-refractivity contribution in [3.8, 4) is 0 Å². The Labute approximate surface area is 154 Å². The molecule has 1 aromatic carbocycles. The van der Waals surface area contributed by atoms with Crippen LogP contribution in [0.2, 0.25) is 5.02 Å². The number of anilines is 2. The number of hydrogen-bond acceptors (Lipinski definition) is 4. The number of amides is 1. The Morgan fingerprint density at radius 2 is 1.88 bits per heavy atom. The molecule has 0 aliphatic rings. The van der Waals surface area contributed by atoms with Crippen LogP contribution in [0.5, 0.6) is 0 Å². The Hall–Kier alpha value is -2.14. The van der Waals surface area contributed by atoms with Crippen molar-refractivity contribution in [3.63, 3.8) is 0 Å². The van der Waals surface area contributed by atoms with Crippen molar-refractivity contribution in [2.45, 2.75) is 40.5 Å². The molecule has 2 rings (SSSR count). The fourth-order valence-electron chi connectivity index (χ4n) is 2.73. The van der Waals surface area contributed by atoms with Gasteiger partial charge in [0.1, 0.15) is 5.69 Å². The molecule has 0 saturated carbocycles. The number of aryl methyl sites for hydroxylation is 2. The lowest BCUT2D eigenvalue weighted by Gasteiger charge is -2.21. The van der Waals surface area contributed by atoms with E-state index in [1.807, 2.05) is 26.0 Å². The molecule has 134 valence electrons. The second-order valence-corrected chi connectivity index (χ2v) is 6.53. The maximum Gasteiger partial charge on any atom is 0.274 e. The van der Waals surface area contributed by atoms with Gasteiger partial charge in [-0.1, -0.05) is 31.5 Å². The quantitative estimate of drug-likeness (QED) is 0.782. The largest absolute Gasteiger partial charge is 0.341 e. The topological polar surface area (TPSA) is 58.1 Å². The van der Waals surface area contributed by atoms with E-state index in [4.69, 9.17) is 11.6 Å². The first-order valence-corrected chi connectivity index (χ1v) is 9.00. The van der Waals surface area contributed by atoms with E-state index in [9.17, 15) is 4.79 Å². The van der Waals surface area contributed by atoms with E-state index in [-0.39, 0.29) is 5.91 Å². The fourth-order valence-corrected chi connectivity index (χ4v) is 3.10. The minimum Gasteiger partial charge on any atom is -0.341 e. The minimum atomic E-state index is -0.287. The lowest BCUT2D eigenvalue weighted by Crippen LogP contribution is -2.28. The molecule has 0 spiro atoms. The summed E-state index contributed by atoms with van der Waals surface area (Å²) < 4.78 is 0. The second-order valence-electron chi connectivity index (χ2n) is 6.12. The van der Waals surface area contributed by atoms with Gasteiger partial charge in [-0.2, -0.15) is 0 Å². The summed E-state index contributed by atoms with van der Waals surface area (Å²) in [5.41, 5.74) is 2.93. The van der Waals surface area contributed by atoms with E-state index >= 15 is 0 Å². The first-order chi connectivity index (χ1) is 12.0. The van der Waals surface area contributed by atoms with Gasteiger partial charge in [0, 0.05) is 19.3 Å². The van der Waals surface area contributed by atoms with Gasteiger partial charge in [-0.3, -0.25) is 4.79 Å². The zero-order valence-corrected chi connectivity index (χ0v) is 16.0. The lowest BCUT2D eigenvalue weighted by atomic mass is 10.1. The van der Waals surface area contributed by atoms with E-state index in [0.717, 1.165) is 37.1 Å². The highest BCUT2D eigenvalue weighted by atomic mass is 35.5. The molecule has 1 aromatic heterocycles. The molecule has 0 bridgehead atoms. The van der Waals surface area contributed by atoms with Crippen molar-refractivity contribution < 1.29 is 4.79 Å². The molecule has 0 saturated heterocycles. The second kappa shape index (κ2) is 8.81. The van der Waals surface area contributed by atoms with Crippen LogP contribution >= 0.6 is 11.6 Å². The average Bonchev–Trinajstić information content (AvgIpc) is 2.58. The van der Waals surface area contributed by atoms with Crippen LogP contribution in [-0.2, 0) is 0 Å². The molecule has 25 heavy (non-hydrogen) atoms. The van der Waals surface area contributed by atoms with Crippen LogP contribution < -0.4 is 10.2 Å². The van der Waals surface area contributed by atoms with E-state index < -0.39 is 0 Å². The lowest BCUT2D eigenvalue weighted by molar-refractivity contribution is 0.102. The van der Waals surface area contributed by atoms with Gasteiger partial charge in [-0.25, -0.2) is 9.97 Å². The highest BCUT2D eigenvalue weighted by Gasteiger charge is 2.15. The highest BCUT2D eigenvalue weighted by Crippen LogP contribution is 2.27. The van der Waals surface area contributed by atoms with Crippen molar-refractivity contribution in [3.05, 3.63) is 46.2 Å². The van der Waals surface area contributed by atoms with Crippen LogP contribution in [0.3, 0.4) is 0 Å². The number of carbonyl (C=O) groups is 1. The van der Waals surface area contributed by atoms with E-state index in [0.29, 0.717) is 22.4 Å². The van der Waals surface area contributed by atoms with Gasteiger partial charge in [0.2, 0.25) is 5.95 Å². The van der Waals surface area contributed by atoms with Gasteiger partial charge in [0.25, 0.3) is 5.91 Å². The number of nitrogens with one attached hydrogen (secondary N) is 1. The molecule has 0 radical (unpaired) electrons. The van der Waals surface area contributed by atoms with Crippen LogP contribution in [0.4, 0.5) is 11.6 Å². The molecule has 6 heteroatoms. The molecular formula is C19H25ClN4O. The van der Waals surface area contributed by atoms with Crippen molar-refractivity contribution in [1.29, 1.82) is 0 Å². The predicted octanol–water partition coefficient (Wildman–Crippen LogP) is 4.63. The first-order valence-electron chi connectivity index (χ1n) is 8.62. The Kier molecular flexibility index (Phi) is 6.76. The number of halogens is 1. The molecule has 1 N–H and O–H groups in total. The Balaban J connectivity index is 2.24. The third-order valence-corrected chi connectivity index (χ3v) is 4.11. The average molecular weight is 361 g/mol. The molecule has 1 heterocycles. The number of nitrogens with zero attached hydrogens (tertiary/aromatic N) is 3. The van der Waals surface area contributed by atoms with E-state index in [1.54, 1.807) is 12.3 Å². The van der Waals surface area contributed by atoms with Gasteiger partial charge in [-0.15, -0.1) is 0 Å². The third kappa shape index (κ3) is 4.92. The SMILES string of the molecule is CCCN(CCC)c1nccc(C(=O)Nc2c(C)cc(C)cc2Cl)n1. The summed E-state index contributed by atoms with van der Waals surface area (Å²) in [6.07, 6.45) is 3.62. The van der Waals surface area contributed by atoms with Gasteiger partial charge in [-0.05, 0) is 49.9 Å². The third-order valence-electron chi connectivity index (χ3n) is 3.82. The van der Waals surface area contributed by atoms with Gasteiger partial charge in [0.15, 0.2) is 0 Å². The molecule has 0 fully saturated rings. The Morgan fingerprint density at radius 1 is 1.20 bits per heavy atom. The van der Waals surface area contributed by atoms with Crippen molar-refractivity contribution >= 4 is 29.1 Å². The van der Waals surface area contributed by atoms with Crippen molar-refractivity contribution in [2.24, 2.45) is 0 Å². The Bertz CT molecular complexity index is 719. The summed E-state index contributed by atoms with van der Waals surface area (Å²) in [5, 5.41) is 3.40. The predicted molar refractivity (Wildman–Crippen MR) is 104 cm³/mol. The number of hydrogen-bond donors (Lipinski definition) is 1. The van der Waals surface area contributed by atoms with Crippen LogP contribution in [0.1, 0.15) is 48.3 Å². The summed E-state index contributed by atoms with van der Waals surface area (Å²) in [6, 6.07) is 5.43. The standard InChI is InChI=1S/C19H25ClN4O/c1-5-9-24(10-6-2)19-21-8-7-16(22-19)18(25)23-17-14(4)11-13(3)12-15(17)20/h7-8,11-12H,5-6,9-10H2,1-4H3,(H,23,25). The fraction of sp³-hybridized carbons (Fsp3) is 0.421. The van der Waals surface area contributed by atoms with Crippen molar-refractivity contribution in [1.82, 2.24) is 9.97 Å². The summed E-state index contributed by atoms with van der Waals surface area (Å²) in [4.78, 5) is 23.5. The molecule has 5 nitrogen and oxygen atoms in total. The molecular weight excluding hydrogens is 336 g/mol. The molecule has 0 aliphatic heterocycles. The van der Waals surface area contributed by atoms with Crippen LogP contribution in [0, 0.1) is 13.8 Å². The van der Waals surface area contributed by atoms with Crippen LogP contribution in [-0.4, -0.2) is 29.0 Å². The molecule has 1 amide bonds. The maximum atomic E-state index is 12.6. The first kappa shape index (κ1) is 19.2. The molecule has 0 aliphatic carbocycles. The van der Waals surface area contributed by atoms with E-state index in [1.165, 1.54) is 0 Å². The summed E-state index contributed by atoms with van der Waals surface area (Å²) in [6.45, 7) is 9.84. The van der Waals surface area contributed by atoms with Crippen LogP contribution in [0.15, 0.2) is 24.4 Å². The molecule has 0 unspecified atom stereocenters. The van der Waals surface area contributed by atoms with Crippen LogP contribution in [0.25, 0.3) is 0 Å².